The zero-order valence-corrected chi connectivity index (χ0v) is 17.5. The number of aliphatic imine (C=N–C) groups is 1. The molecule has 1 rings (SSSR count). The van der Waals surface area contributed by atoms with Gasteiger partial charge in [-0.1, -0.05) is 0 Å². The number of hydrogen-bond acceptors (Lipinski definition) is 4. The van der Waals surface area contributed by atoms with E-state index in [9.17, 15) is 8.42 Å². The van der Waals surface area contributed by atoms with Crippen LogP contribution < -0.4 is 10.6 Å². The third-order valence-corrected chi connectivity index (χ3v) is 5.47. The minimum absolute atomic E-state index is 0. The summed E-state index contributed by atoms with van der Waals surface area (Å²) < 4.78 is 30.2. The van der Waals surface area contributed by atoms with Gasteiger partial charge in [0.1, 0.15) is 0 Å². The van der Waals surface area contributed by atoms with Crippen molar-refractivity contribution in [3.63, 3.8) is 0 Å². The summed E-state index contributed by atoms with van der Waals surface area (Å²) in [5.74, 6) is 0.904. The van der Waals surface area contributed by atoms with E-state index in [2.05, 4.69) is 15.6 Å². The molecule has 1 saturated heterocycles. The van der Waals surface area contributed by atoms with Crippen molar-refractivity contribution in [1.29, 1.82) is 0 Å². The van der Waals surface area contributed by atoms with E-state index in [-0.39, 0.29) is 35.8 Å². The lowest BCUT2D eigenvalue weighted by Crippen LogP contribution is -2.39. The van der Waals surface area contributed by atoms with Crippen LogP contribution in [-0.4, -0.2) is 70.4 Å². The molecule has 9 heteroatoms. The summed E-state index contributed by atoms with van der Waals surface area (Å²) in [4.78, 5) is 4.51. The third-order valence-electron chi connectivity index (χ3n) is 3.60. The highest BCUT2D eigenvalue weighted by Crippen LogP contribution is 2.11. The summed E-state index contributed by atoms with van der Waals surface area (Å²) in [6, 6.07) is 0. The lowest BCUT2D eigenvalue weighted by Gasteiger charge is -2.17. The first-order valence-corrected chi connectivity index (χ1v) is 9.68. The van der Waals surface area contributed by atoms with E-state index in [4.69, 9.17) is 4.74 Å². The van der Waals surface area contributed by atoms with Gasteiger partial charge in [-0.2, -0.15) is 0 Å². The quantitative estimate of drug-likeness (QED) is 0.231. The maximum atomic E-state index is 11.6. The summed E-state index contributed by atoms with van der Waals surface area (Å²) in [5.41, 5.74) is 0. The summed E-state index contributed by atoms with van der Waals surface area (Å²) in [7, 11) is -1.47. The summed E-state index contributed by atoms with van der Waals surface area (Å²) in [5, 5.41) is 6.42. The Labute approximate surface area is 157 Å². The Kier molecular flexibility index (Phi) is 12.2. The molecular weight excluding hydrogens is 431 g/mol. The molecular formula is C14H31IN4O3S. The highest BCUT2D eigenvalue weighted by molar-refractivity contribution is 14.0. The summed E-state index contributed by atoms with van der Waals surface area (Å²) in [6.45, 7) is 7.16. The van der Waals surface area contributed by atoms with Crippen LogP contribution in [0.1, 0.15) is 33.1 Å². The zero-order valence-electron chi connectivity index (χ0n) is 14.4. The molecule has 0 radical (unpaired) electrons. The van der Waals surface area contributed by atoms with Crippen molar-refractivity contribution in [3.8, 4) is 0 Å². The minimum atomic E-state index is -3.09. The van der Waals surface area contributed by atoms with Crippen LogP contribution in [0.3, 0.4) is 0 Å². The maximum Gasteiger partial charge on any atom is 0.213 e. The fourth-order valence-electron chi connectivity index (χ4n) is 2.19. The molecule has 1 unspecified atom stereocenters. The van der Waals surface area contributed by atoms with Crippen molar-refractivity contribution in [3.05, 3.63) is 0 Å². The van der Waals surface area contributed by atoms with Gasteiger partial charge in [0.05, 0.1) is 18.4 Å². The highest BCUT2D eigenvalue weighted by Gasteiger charge is 2.15. The Morgan fingerprint density at radius 1 is 1.35 bits per heavy atom. The molecule has 0 aromatic heterocycles. The summed E-state index contributed by atoms with van der Waals surface area (Å²) in [6.07, 6.45) is 3.15. The van der Waals surface area contributed by atoms with Crippen molar-refractivity contribution in [2.75, 3.05) is 45.6 Å². The Morgan fingerprint density at radius 2 is 2.09 bits per heavy atom. The van der Waals surface area contributed by atoms with Crippen molar-refractivity contribution < 1.29 is 13.2 Å². The number of nitrogens with one attached hydrogen (secondary N) is 2. The van der Waals surface area contributed by atoms with Crippen molar-refractivity contribution in [2.45, 2.75) is 39.2 Å². The summed E-state index contributed by atoms with van der Waals surface area (Å²) >= 11 is 0. The van der Waals surface area contributed by atoms with Crippen LogP contribution in [-0.2, 0) is 14.8 Å². The number of ether oxygens (including phenoxy) is 1. The molecule has 0 amide bonds. The van der Waals surface area contributed by atoms with Crippen LogP contribution in [0.4, 0.5) is 0 Å². The lowest BCUT2D eigenvalue weighted by atomic mass is 10.2. The van der Waals surface area contributed by atoms with Gasteiger partial charge in [0.25, 0.3) is 0 Å². The van der Waals surface area contributed by atoms with Crippen molar-refractivity contribution >= 4 is 40.0 Å². The van der Waals surface area contributed by atoms with Gasteiger partial charge in [0.2, 0.25) is 10.0 Å². The molecule has 0 saturated carbocycles. The highest BCUT2D eigenvalue weighted by atomic mass is 127. The molecule has 0 bridgehead atoms. The molecule has 0 aliphatic carbocycles. The predicted molar refractivity (Wildman–Crippen MR) is 105 cm³/mol. The number of guanidine groups is 1. The number of rotatable bonds is 9. The van der Waals surface area contributed by atoms with Crippen LogP contribution in [0.2, 0.25) is 0 Å². The van der Waals surface area contributed by atoms with Gasteiger partial charge in [-0.25, -0.2) is 12.7 Å². The standard InChI is InChI=1S/C14H30N4O3S.HI/c1-4-15-14(17-12-13-8-6-11-21-13)16-9-7-10-18(3)22(19,20)5-2;/h13H,4-12H2,1-3H3,(H2,15,16,17);1H. The van der Waals surface area contributed by atoms with Crippen LogP contribution in [0.15, 0.2) is 4.99 Å². The van der Waals surface area contributed by atoms with Gasteiger partial charge in [0.15, 0.2) is 5.96 Å². The molecule has 23 heavy (non-hydrogen) atoms. The van der Waals surface area contributed by atoms with E-state index < -0.39 is 10.0 Å². The fraction of sp³-hybridized carbons (Fsp3) is 0.929. The molecule has 1 heterocycles. The van der Waals surface area contributed by atoms with Crippen LogP contribution in [0, 0.1) is 0 Å². The van der Waals surface area contributed by atoms with Gasteiger partial charge in [-0.3, -0.25) is 4.99 Å². The molecule has 0 aromatic rings. The second-order valence-corrected chi connectivity index (χ2v) is 7.72. The van der Waals surface area contributed by atoms with Gasteiger partial charge in [-0.05, 0) is 33.1 Å². The van der Waals surface area contributed by atoms with E-state index in [1.807, 2.05) is 6.92 Å². The molecule has 1 aliphatic rings. The Hall–Kier alpha value is -0.130. The second kappa shape index (κ2) is 12.3. The molecule has 0 aromatic carbocycles. The Morgan fingerprint density at radius 3 is 2.65 bits per heavy atom. The predicted octanol–water partition coefficient (Wildman–Crippen LogP) is 1.01. The lowest BCUT2D eigenvalue weighted by molar-refractivity contribution is 0.117. The Balaban J connectivity index is 0.00000484. The monoisotopic (exact) mass is 462 g/mol. The molecule has 2 N–H and O–H groups in total. The normalized spacial score (nSPS) is 18.8. The average molecular weight is 462 g/mol. The Bertz CT molecular complexity index is 439. The zero-order chi connectivity index (χ0) is 16.4. The first-order valence-electron chi connectivity index (χ1n) is 8.07. The molecule has 7 nitrogen and oxygen atoms in total. The number of nitrogens with zero attached hydrogens (tertiary/aromatic N) is 2. The van der Waals surface area contributed by atoms with Crippen molar-refractivity contribution in [1.82, 2.24) is 14.9 Å². The molecule has 1 fully saturated rings. The van der Waals surface area contributed by atoms with E-state index in [1.54, 1.807) is 14.0 Å². The first kappa shape index (κ1) is 22.9. The van der Waals surface area contributed by atoms with Gasteiger partial charge in [0, 0.05) is 33.3 Å². The van der Waals surface area contributed by atoms with E-state index in [1.165, 1.54) is 4.31 Å². The van der Waals surface area contributed by atoms with Gasteiger partial charge in [-0.15, -0.1) is 24.0 Å². The third kappa shape index (κ3) is 9.06. The number of halogens is 1. The smallest absolute Gasteiger partial charge is 0.213 e. The number of hydrogen-bond donors (Lipinski definition) is 2. The minimum Gasteiger partial charge on any atom is -0.376 e. The van der Waals surface area contributed by atoms with E-state index >= 15 is 0 Å². The van der Waals surface area contributed by atoms with E-state index in [0.29, 0.717) is 19.6 Å². The van der Waals surface area contributed by atoms with Crippen LogP contribution in [0.25, 0.3) is 0 Å². The molecule has 138 valence electrons. The van der Waals surface area contributed by atoms with Gasteiger partial charge < -0.3 is 15.4 Å². The van der Waals surface area contributed by atoms with Crippen LogP contribution in [0.5, 0.6) is 0 Å². The molecule has 1 aliphatic heterocycles. The first-order chi connectivity index (χ1) is 10.5. The van der Waals surface area contributed by atoms with Crippen LogP contribution >= 0.6 is 24.0 Å². The topological polar surface area (TPSA) is 83.0 Å². The van der Waals surface area contributed by atoms with Gasteiger partial charge >= 0.3 is 0 Å². The number of sulfonamides is 1. The maximum absolute atomic E-state index is 11.6. The van der Waals surface area contributed by atoms with E-state index in [0.717, 1.165) is 38.4 Å². The average Bonchev–Trinajstić information content (AvgIpc) is 3.02. The SMILES string of the molecule is CCNC(=NCC1CCCO1)NCCCN(C)S(=O)(=O)CC.I. The molecule has 0 spiro atoms. The fourth-order valence-corrected chi connectivity index (χ4v) is 3.04. The molecule has 1 atom stereocenters. The second-order valence-electron chi connectivity index (χ2n) is 5.36. The largest absolute Gasteiger partial charge is 0.376 e. The van der Waals surface area contributed by atoms with Crippen molar-refractivity contribution in [2.24, 2.45) is 4.99 Å².